The van der Waals surface area contributed by atoms with Crippen LogP contribution in [0.3, 0.4) is 0 Å². The van der Waals surface area contributed by atoms with Crippen molar-refractivity contribution in [3.8, 4) is 0 Å². The van der Waals surface area contributed by atoms with Crippen LogP contribution in [0.4, 0.5) is 0 Å². The molecule has 0 radical (unpaired) electrons. The number of rotatable bonds is 11. The van der Waals surface area contributed by atoms with E-state index in [0.29, 0.717) is 25.9 Å². The Kier molecular flexibility index (Phi) is 8.10. The number of benzene rings is 2. The summed E-state index contributed by atoms with van der Waals surface area (Å²) in [5.74, 6) is 0.737. The van der Waals surface area contributed by atoms with Gasteiger partial charge in [0.1, 0.15) is 5.76 Å². The third-order valence-corrected chi connectivity index (χ3v) is 6.85. The molecule has 0 fully saturated rings. The van der Waals surface area contributed by atoms with Crippen molar-refractivity contribution in [2.75, 3.05) is 0 Å². The Morgan fingerprint density at radius 3 is 2.35 bits per heavy atom. The largest absolute Gasteiger partial charge is 0.467 e. The summed E-state index contributed by atoms with van der Waals surface area (Å²) in [4.78, 5) is 28.9. The first-order chi connectivity index (χ1) is 16.6. The van der Waals surface area contributed by atoms with Crippen molar-refractivity contribution in [3.05, 3.63) is 118 Å². The smallest absolute Gasteiger partial charge is 0.230 e. The third-order valence-electron chi connectivity index (χ3n) is 5.98. The van der Waals surface area contributed by atoms with E-state index in [0.717, 1.165) is 33.7 Å². The van der Waals surface area contributed by atoms with E-state index in [1.165, 1.54) is 0 Å². The van der Waals surface area contributed by atoms with Crippen LogP contribution in [-0.4, -0.2) is 16.6 Å². The summed E-state index contributed by atoms with van der Waals surface area (Å²) < 4.78 is 5.57. The van der Waals surface area contributed by atoms with E-state index >= 15 is 0 Å². The van der Waals surface area contributed by atoms with Gasteiger partial charge in [-0.15, -0.1) is 11.3 Å². The summed E-state index contributed by atoms with van der Waals surface area (Å²) in [6.07, 6.45) is 3.58. The molecule has 1 atom stereocenters. The van der Waals surface area contributed by atoms with Gasteiger partial charge in [0.25, 0.3) is 0 Å². The van der Waals surface area contributed by atoms with Crippen molar-refractivity contribution in [3.63, 3.8) is 0 Å². The normalized spacial score (nSPS) is 11.8. The number of ketones is 1. The van der Waals surface area contributed by atoms with Crippen LogP contribution in [0.25, 0.3) is 0 Å². The number of hydrogen-bond acceptors (Lipinski definition) is 4. The molecule has 0 bridgehead atoms. The van der Waals surface area contributed by atoms with Gasteiger partial charge in [-0.1, -0.05) is 67.6 Å². The van der Waals surface area contributed by atoms with Crippen molar-refractivity contribution >= 4 is 23.0 Å². The molecule has 34 heavy (non-hydrogen) atoms. The van der Waals surface area contributed by atoms with Gasteiger partial charge in [0.2, 0.25) is 5.91 Å². The minimum atomic E-state index is -0.270. The topological polar surface area (TPSA) is 50.5 Å². The Morgan fingerprint density at radius 1 is 0.912 bits per heavy atom. The number of aryl methyl sites for hydroxylation is 1. The molecule has 0 aliphatic heterocycles. The lowest BCUT2D eigenvalue weighted by atomic mass is 9.90. The van der Waals surface area contributed by atoms with Crippen LogP contribution in [-0.2, 0) is 24.3 Å². The Labute approximate surface area is 204 Å². The second-order valence-electron chi connectivity index (χ2n) is 8.33. The number of amides is 1. The maximum atomic E-state index is 13.9. The van der Waals surface area contributed by atoms with Gasteiger partial charge >= 0.3 is 0 Å². The monoisotopic (exact) mass is 471 g/mol. The number of carbonyl (C=O) groups excluding carboxylic acids is 2. The average Bonchev–Trinajstić information content (AvgIpc) is 3.59. The molecule has 5 heteroatoms. The lowest BCUT2D eigenvalue weighted by Crippen LogP contribution is -2.34. The zero-order chi connectivity index (χ0) is 23.8. The van der Waals surface area contributed by atoms with Gasteiger partial charge in [0, 0.05) is 16.9 Å². The van der Waals surface area contributed by atoms with E-state index in [1.54, 1.807) is 17.6 Å². The molecular formula is C29H29NO3S. The zero-order valence-corrected chi connectivity index (χ0v) is 20.2. The molecule has 2 aromatic heterocycles. The Bertz CT molecular complexity index is 1130. The summed E-state index contributed by atoms with van der Waals surface area (Å²) in [5.41, 5.74) is 2.88. The van der Waals surface area contributed by atoms with E-state index in [1.807, 2.05) is 90.0 Å². The average molecular weight is 472 g/mol. The van der Waals surface area contributed by atoms with Crippen molar-refractivity contribution in [1.29, 1.82) is 0 Å². The zero-order valence-electron chi connectivity index (χ0n) is 19.4. The molecule has 0 saturated carbocycles. The Balaban J connectivity index is 1.55. The van der Waals surface area contributed by atoms with Gasteiger partial charge in [-0.05, 0) is 47.5 Å². The molecule has 0 aliphatic rings. The predicted octanol–water partition coefficient (Wildman–Crippen LogP) is 6.88. The summed E-state index contributed by atoms with van der Waals surface area (Å²) >= 11 is 1.65. The molecule has 0 aliphatic carbocycles. The van der Waals surface area contributed by atoms with E-state index in [2.05, 4.69) is 6.07 Å². The van der Waals surface area contributed by atoms with Gasteiger partial charge in [-0.25, -0.2) is 0 Å². The van der Waals surface area contributed by atoms with Crippen LogP contribution in [0.1, 0.15) is 57.8 Å². The molecule has 174 valence electrons. The molecule has 0 saturated heterocycles. The number of furan rings is 1. The maximum absolute atomic E-state index is 13.9. The minimum absolute atomic E-state index is 0.0915. The van der Waals surface area contributed by atoms with Crippen LogP contribution in [0.15, 0.2) is 94.9 Å². The predicted molar refractivity (Wildman–Crippen MR) is 136 cm³/mol. The molecule has 4 nitrogen and oxygen atoms in total. The van der Waals surface area contributed by atoms with Gasteiger partial charge in [0.05, 0.1) is 25.3 Å². The fourth-order valence-electron chi connectivity index (χ4n) is 4.10. The number of carbonyl (C=O) groups is 2. The lowest BCUT2D eigenvalue weighted by Gasteiger charge is -2.27. The van der Waals surface area contributed by atoms with Gasteiger partial charge < -0.3 is 9.32 Å². The van der Waals surface area contributed by atoms with Crippen molar-refractivity contribution in [2.45, 2.75) is 45.2 Å². The van der Waals surface area contributed by atoms with E-state index in [-0.39, 0.29) is 17.6 Å². The molecular weight excluding hydrogens is 442 g/mol. The number of hydrogen-bond donors (Lipinski definition) is 0. The highest BCUT2D eigenvalue weighted by atomic mass is 32.1. The van der Waals surface area contributed by atoms with E-state index in [9.17, 15) is 9.59 Å². The van der Waals surface area contributed by atoms with Gasteiger partial charge in [0.15, 0.2) is 5.78 Å². The summed E-state index contributed by atoms with van der Waals surface area (Å²) in [6, 6.07) is 25.6. The molecule has 2 aromatic carbocycles. The summed E-state index contributed by atoms with van der Waals surface area (Å²) in [5, 5.41) is 2.03. The summed E-state index contributed by atoms with van der Waals surface area (Å²) in [7, 11) is 0. The third kappa shape index (κ3) is 6.12. The molecule has 2 heterocycles. The fraction of sp³-hybridized carbons (Fsp3) is 0.241. The first-order valence-electron chi connectivity index (χ1n) is 11.6. The van der Waals surface area contributed by atoms with Crippen LogP contribution >= 0.6 is 11.3 Å². The van der Waals surface area contributed by atoms with E-state index < -0.39 is 0 Å². The highest BCUT2D eigenvalue weighted by molar-refractivity contribution is 7.09. The minimum Gasteiger partial charge on any atom is -0.467 e. The Hall–Kier alpha value is -3.44. The fourth-order valence-corrected chi connectivity index (χ4v) is 4.82. The number of nitrogens with zero attached hydrogens (tertiary/aromatic N) is 1. The van der Waals surface area contributed by atoms with Crippen LogP contribution < -0.4 is 0 Å². The van der Waals surface area contributed by atoms with Crippen LogP contribution in [0, 0.1) is 0 Å². The molecule has 4 aromatic rings. The Morgan fingerprint density at radius 2 is 1.71 bits per heavy atom. The molecule has 0 spiro atoms. The van der Waals surface area contributed by atoms with Crippen molar-refractivity contribution < 1.29 is 14.0 Å². The highest BCUT2D eigenvalue weighted by Crippen LogP contribution is 2.27. The molecule has 0 unspecified atom stereocenters. The lowest BCUT2D eigenvalue weighted by molar-refractivity contribution is -0.134. The molecule has 0 N–H and O–H groups in total. The maximum Gasteiger partial charge on any atom is 0.230 e. The van der Waals surface area contributed by atoms with Crippen molar-refractivity contribution in [1.82, 2.24) is 4.90 Å². The van der Waals surface area contributed by atoms with E-state index in [4.69, 9.17) is 4.42 Å². The van der Waals surface area contributed by atoms with Gasteiger partial charge in [-0.3, -0.25) is 9.59 Å². The summed E-state index contributed by atoms with van der Waals surface area (Å²) in [6.45, 7) is 2.85. The standard InChI is InChI=1S/C29H29NO3S/c1-2-28(31)24-15-12-22(13-16-24)14-17-27(23-8-4-3-5-9-23)29(32)30(20-25-10-6-18-33-25)21-26-11-7-19-34-26/h3-13,15-16,18-19,27H,2,14,17,20-21H2,1H3/t27-/m0/s1. The van der Waals surface area contributed by atoms with Crippen LogP contribution in [0.2, 0.25) is 0 Å². The highest BCUT2D eigenvalue weighted by Gasteiger charge is 2.27. The first kappa shape index (κ1) is 23.7. The second-order valence-corrected chi connectivity index (χ2v) is 9.36. The van der Waals surface area contributed by atoms with Crippen LogP contribution in [0.5, 0.6) is 0 Å². The quantitative estimate of drug-likeness (QED) is 0.224. The first-order valence-corrected chi connectivity index (χ1v) is 12.5. The van der Waals surface area contributed by atoms with Gasteiger partial charge in [-0.2, -0.15) is 0 Å². The van der Waals surface area contributed by atoms with Crippen molar-refractivity contribution in [2.24, 2.45) is 0 Å². The number of Topliss-reactive ketones (excluding diaryl/α,β-unsaturated/α-hetero) is 1. The molecule has 4 rings (SSSR count). The number of thiophene rings is 1. The SMILES string of the molecule is CCC(=O)c1ccc(CC[C@H](C(=O)N(Cc2ccco2)Cc2cccs2)c2ccccc2)cc1. The second kappa shape index (κ2) is 11.6. The molecule has 1 amide bonds.